The Kier molecular flexibility index (Phi) is 7.95. The first-order valence-corrected chi connectivity index (χ1v) is 13.7. The summed E-state index contributed by atoms with van der Waals surface area (Å²) < 4.78 is 6.50. The van der Waals surface area contributed by atoms with Crippen molar-refractivity contribution in [1.29, 1.82) is 0 Å². The zero-order chi connectivity index (χ0) is 27.5. The summed E-state index contributed by atoms with van der Waals surface area (Å²) in [6, 6.07) is 23.1. The molecule has 1 aromatic heterocycles. The van der Waals surface area contributed by atoms with Crippen molar-refractivity contribution in [3.05, 3.63) is 94.0 Å². The van der Waals surface area contributed by atoms with Gasteiger partial charge in [-0.05, 0) is 49.7 Å². The molecule has 1 aliphatic heterocycles. The number of nitrogens with zero attached hydrogens (tertiary/aromatic N) is 2. The molecule has 7 nitrogen and oxygen atoms in total. The number of carbonyl (C=O) groups excluding carboxylic acids is 1. The zero-order valence-electron chi connectivity index (χ0n) is 21.9. The van der Waals surface area contributed by atoms with E-state index in [1.165, 1.54) is 0 Å². The van der Waals surface area contributed by atoms with Crippen LogP contribution in [-0.4, -0.2) is 53.6 Å². The number of carbonyl (C=O) groups is 2. The Labute approximate surface area is 235 Å². The molecule has 3 aromatic carbocycles. The van der Waals surface area contributed by atoms with E-state index in [2.05, 4.69) is 26.1 Å². The molecule has 1 saturated heterocycles. The summed E-state index contributed by atoms with van der Waals surface area (Å²) >= 11 is 3.55. The van der Waals surface area contributed by atoms with Crippen LogP contribution in [0.4, 0.5) is 0 Å². The third kappa shape index (κ3) is 5.53. The van der Waals surface area contributed by atoms with Gasteiger partial charge >= 0.3 is 5.97 Å². The normalized spacial score (nSPS) is 16.2. The minimum Gasteiger partial charge on any atom is -0.496 e. The fraction of sp³-hybridized carbons (Fsp3) is 0.258. The predicted octanol–water partition coefficient (Wildman–Crippen LogP) is 5.86. The van der Waals surface area contributed by atoms with Gasteiger partial charge in [0.25, 0.3) is 5.91 Å². The van der Waals surface area contributed by atoms with Crippen molar-refractivity contribution in [3.63, 3.8) is 0 Å². The van der Waals surface area contributed by atoms with Crippen LogP contribution < -0.4 is 10.1 Å². The second-order valence-corrected chi connectivity index (χ2v) is 10.7. The van der Waals surface area contributed by atoms with Crippen LogP contribution in [0.5, 0.6) is 5.75 Å². The highest BCUT2D eigenvalue weighted by molar-refractivity contribution is 9.10. The van der Waals surface area contributed by atoms with Crippen LogP contribution in [0.15, 0.2) is 77.3 Å². The predicted molar refractivity (Wildman–Crippen MR) is 155 cm³/mol. The summed E-state index contributed by atoms with van der Waals surface area (Å²) in [4.78, 5) is 32.7. The van der Waals surface area contributed by atoms with Gasteiger partial charge in [-0.25, -0.2) is 4.98 Å². The fourth-order valence-corrected chi connectivity index (χ4v) is 5.79. The highest BCUT2D eigenvalue weighted by atomic mass is 79.9. The quantitative estimate of drug-likeness (QED) is 0.268. The maximum absolute atomic E-state index is 14.0. The first-order chi connectivity index (χ1) is 18.9. The van der Waals surface area contributed by atoms with Crippen LogP contribution in [0, 0.1) is 12.8 Å². The van der Waals surface area contributed by atoms with Crippen molar-refractivity contribution in [2.45, 2.75) is 19.4 Å². The lowest BCUT2D eigenvalue weighted by Crippen LogP contribution is -2.38. The summed E-state index contributed by atoms with van der Waals surface area (Å²) in [5, 5.41) is 13.5. The molecule has 39 heavy (non-hydrogen) atoms. The van der Waals surface area contributed by atoms with Gasteiger partial charge in [0.2, 0.25) is 0 Å². The lowest BCUT2D eigenvalue weighted by molar-refractivity contribution is -0.141. The minimum atomic E-state index is -0.793. The van der Waals surface area contributed by atoms with Crippen LogP contribution in [-0.2, 0) is 4.79 Å². The smallest absolute Gasteiger partial charge is 0.307 e. The van der Waals surface area contributed by atoms with Gasteiger partial charge in [-0.3, -0.25) is 14.5 Å². The molecule has 2 atom stereocenters. The molecular formula is C31H30BrN3O4. The lowest BCUT2D eigenvalue weighted by atomic mass is 9.97. The van der Waals surface area contributed by atoms with E-state index in [9.17, 15) is 14.7 Å². The van der Waals surface area contributed by atoms with Gasteiger partial charge in [0.1, 0.15) is 5.75 Å². The topological polar surface area (TPSA) is 91.8 Å². The number of pyridine rings is 1. The van der Waals surface area contributed by atoms with E-state index in [0.29, 0.717) is 37.4 Å². The number of halogens is 1. The molecule has 4 aromatic rings. The van der Waals surface area contributed by atoms with Gasteiger partial charge < -0.3 is 15.2 Å². The minimum absolute atomic E-state index is 0.205. The van der Waals surface area contributed by atoms with Crippen LogP contribution in [0.1, 0.15) is 33.9 Å². The number of aromatic nitrogens is 1. The molecule has 0 radical (unpaired) electrons. The molecular weight excluding hydrogens is 558 g/mol. The summed E-state index contributed by atoms with van der Waals surface area (Å²) in [5.41, 5.74) is 4.72. The number of methoxy groups -OCH3 is 1. The van der Waals surface area contributed by atoms with Gasteiger partial charge in [-0.15, -0.1) is 0 Å². The Morgan fingerprint density at radius 2 is 1.87 bits per heavy atom. The number of hydrogen-bond donors (Lipinski definition) is 2. The number of benzene rings is 3. The molecule has 0 saturated carbocycles. The summed E-state index contributed by atoms with van der Waals surface area (Å²) in [7, 11) is 1.62. The number of carboxylic acids is 1. The number of rotatable bonds is 8. The number of likely N-dealkylation sites (tertiary alicyclic amines) is 1. The molecule has 1 aliphatic rings. The third-order valence-corrected chi connectivity index (χ3v) is 7.92. The molecule has 1 unspecified atom stereocenters. The first kappa shape index (κ1) is 26.8. The van der Waals surface area contributed by atoms with Crippen molar-refractivity contribution in [1.82, 2.24) is 15.2 Å². The second kappa shape index (κ2) is 11.6. The zero-order valence-corrected chi connectivity index (χ0v) is 23.4. The van der Waals surface area contributed by atoms with Gasteiger partial charge in [0, 0.05) is 34.1 Å². The van der Waals surface area contributed by atoms with E-state index in [4.69, 9.17) is 9.72 Å². The van der Waals surface area contributed by atoms with Gasteiger partial charge in [-0.1, -0.05) is 64.5 Å². The van der Waals surface area contributed by atoms with E-state index < -0.39 is 11.9 Å². The van der Waals surface area contributed by atoms with Crippen LogP contribution in [0.3, 0.4) is 0 Å². The Hall–Kier alpha value is -3.75. The monoisotopic (exact) mass is 587 g/mol. The number of hydrogen-bond acceptors (Lipinski definition) is 5. The first-order valence-electron chi connectivity index (χ1n) is 12.9. The maximum atomic E-state index is 14.0. The number of para-hydroxylation sites is 1. The number of fused-ring (bicyclic) bond motifs is 1. The molecule has 200 valence electrons. The van der Waals surface area contributed by atoms with E-state index in [1.807, 2.05) is 79.7 Å². The van der Waals surface area contributed by atoms with Crippen LogP contribution >= 0.6 is 15.9 Å². The van der Waals surface area contributed by atoms with Crippen LogP contribution in [0.25, 0.3) is 22.2 Å². The van der Waals surface area contributed by atoms with Crippen molar-refractivity contribution in [3.8, 4) is 17.0 Å². The Morgan fingerprint density at radius 1 is 1.13 bits per heavy atom. The number of ether oxygens (including phenoxy) is 1. The summed E-state index contributed by atoms with van der Waals surface area (Å²) in [5.74, 6) is -0.728. The maximum Gasteiger partial charge on any atom is 0.307 e. The number of carboxylic acid groups (broad SMARTS) is 1. The van der Waals surface area contributed by atoms with Crippen LogP contribution in [0.2, 0.25) is 0 Å². The number of amides is 1. The Bertz CT molecular complexity index is 1530. The van der Waals surface area contributed by atoms with Crippen molar-refractivity contribution < 1.29 is 19.4 Å². The van der Waals surface area contributed by atoms with Crippen molar-refractivity contribution in [2.24, 2.45) is 5.92 Å². The van der Waals surface area contributed by atoms with Gasteiger partial charge in [0.15, 0.2) is 0 Å². The van der Waals surface area contributed by atoms with Crippen molar-refractivity contribution >= 4 is 38.7 Å². The number of aliphatic carboxylic acids is 1. The molecule has 1 amide bonds. The molecule has 5 rings (SSSR count). The lowest BCUT2D eigenvalue weighted by Gasteiger charge is -2.29. The van der Waals surface area contributed by atoms with Gasteiger partial charge in [-0.2, -0.15) is 0 Å². The highest BCUT2D eigenvalue weighted by Crippen LogP contribution is 2.34. The fourth-order valence-electron chi connectivity index (χ4n) is 5.43. The average Bonchev–Trinajstić information content (AvgIpc) is 3.44. The highest BCUT2D eigenvalue weighted by Gasteiger charge is 2.34. The third-order valence-electron chi connectivity index (χ3n) is 7.43. The number of nitrogens with one attached hydrogen (secondary N) is 1. The standard InChI is InChI=1S/C31H30BrN3O4/c1-19-28(24-16-22(32)12-13-25(24)34-29(19)20-8-4-3-5-9-20)30(36)33-17-26(23-10-6-7-11-27(23)39-2)35-15-14-21(18-35)31(37)38/h3-13,16,21,26H,14-15,17-18H2,1-2H3,(H,33,36)(H,37,38)/t21?,26-/m0/s1. The SMILES string of the molecule is COc1ccccc1[C@H](CNC(=O)c1c(C)c(-c2ccccc2)nc2ccc(Br)cc12)N1CCC(C(=O)O)C1. The molecule has 2 heterocycles. The second-order valence-electron chi connectivity index (χ2n) is 9.77. The molecule has 0 aliphatic carbocycles. The van der Waals surface area contributed by atoms with Crippen molar-refractivity contribution in [2.75, 3.05) is 26.7 Å². The van der Waals surface area contributed by atoms with E-state index in [-0.39, 0.29) is 11.9 Å². The largest absolute Gasteiger partial charge is 0.496 e. The molecule has 0 bridgehead atoms. The van der Waals surface area contributed by atoms with E-state index in [0.717, 1.165) is 37.8 Å². The summed E-state index contributed by atoms with van der Waals surface area (Å²) in [6.07, 6.45) is 0.567. The molecule has 0 spiro atoms. The van der Waals surface area contributed by atoms with E-state index in [1.54, 1.807) is 7.11 Å². The molecule has 2 N–H and O–H groups in total. The van der Waals surface area contributed by atoms with Gasteiger partial charge in [0.05, 0.1) is 35.8 Å². The molecule has 8 heteroatoms. The van der Waals surface area contributed by atoms with E-state index >= 15 is 0 Å². The Balaban J connectivity index is 1.52. The average molecular weight is 589 g/mol. The molecule has 1 fully saturated rings. The summed E-state index contributed by atoms with van der Waals surface area (Å²) in [6.45, 7) is 3.26. The Morgan fingerprint density at radius 3 is 2.59 bits per heavy atom.